The van der Waals surface area contributed by atoms with Crippen LogP contribution in [0.25, 0.3) is 0 Å². The van der Waals surface area contributed by atoms with Crippen LogP contribution >= 0.6 is 11.6 Å². The van der Waals surface area contributed by atoms with Crippen molar-refractivity contribution in [2.75, 3.05) is 19.8 Å². The summed E-state index contributed by atoms with van der Waals surface area (Å²) in [7, 11) is 0. The molecular formula is C13H18ClNO. The Morgan fingerprint density at radius 3 is 2.38 bits per heavy atom. The second kappa shape index (κ2) is 5.17. The molecule has 1 fully saturated rings. The topological polar surface area (TPSA) is 35.2 Å². The number of hydrogen-bond donors (Lipinski definition) is 1. The molecule has 0 aliphatic carbocycles. The zero-order chi connectivity index (χ0) is 11.4. The molecule has 0 unspecified atom stereocenters. The highest BCUT2D eigenvalue weighted by Gasteiger charge is 2.33. The van der Waals surface area contributed by atoms with Gasteiger partial charge in [-0.2, -0.15) is 0 Å². The molecule has 0 amide bonds. The van der Waals surface area contributed by atoms with Crippen molar-refractivity contribution in [3.63, 3.8) is 0 Å². The van der Waals surface area contributed by atoms with E-state index in [4.69, 9.17) is 22.1 Å². The summed E-state index contributed by atoms with van der Waals surface area (Å²) in [6, 6.07) is 8.18. The average molecular weight is 240 g/mol. The number of nitrogens with two attached hydrogens (primary N) is 1. The smallest absolute Gasteiger partial charge is 0.0474 e. The second-order valence-electron chi connectivity index (χ2n) is 4.44. The number of rotatable bonds is 3. The minimum Gasteiger partial charge on any atom is -0.381 e. The Balaban J connectivity index is 2.26. The summed E-state index contributed by atoms with van der Waals surface area (Å²) < 4.78 is 5.45. The Labute approximate surface area is 102 Å². The third-order valence-corrected chi connectivity index (χ3v) is 3.78. The molecule has 2 nitrogen and oxygen atoms in total. The minimum absolute atomic E-state index is 0.206. The van der Waals surface area contributed by atoms with Crippen molar-refractivity contribution in [3.05, 3.63) is 34.9 Å². The molecule has 0 bridgehead atoms. The van der Waals surface area contributed by atoms with Crippen molar-refractivity contribution in [2.45, 2.75) is 24.7 Å². The summed E-state index contributed by atoms with van der Waals surface area (Å²) in [6.45, 7) is 2.40. The fourth-order valence-corrected chi connectivity index (χ4v) is 2.65. The van der Waals surface area contributed by atoms with Gasteiger partial charge in [-0.05, 0) is 43.5 Å². The highest BCUT2D eigenvalue weighted by atomic mass is 35.5. The summed E-state index contributed by atoms with van der Waals surface area (Å²) in [5, 5.41) is 0.790. The maximum atomic E-state index is 5.92. The third kappa shape index (κ3) is 2.40. The predicted molar refractivity (Wildman–Crippen MR) is 66.9 cm³/mol. The summed E-state index contributed by atoms with van der Waals surface area (Å²) in [5.41, 5.74) is 7.30. The first-order valence-electron chi connectivity index (χ1n) is 5.81. The van der Waals surface area contributed by atoms with Crippen LogP contribution in [0.4, 0.5) is 0 Å². The van der Waals surface area contributed by atoms with Gasteiger partial charge in [0.1, 0.15) is 0 Å². The standard InChI is InChI=1S/C13H18ClNO/c14-12-3-1-11(2-4-12)13(5-8-15)6-9-16-10-7-13/h1-4H,5-10,15H2. The van der Waals surface area contributed by atoms with Crippen molar-refractivity contribution < 1.29 is 4.74 Å². The first-order chi connectivity index (χ1) is 7.77. The van der Waals surface area contributed by atoms with Gasteiger partial charge in [-0.1, -0.05) is 23.7 Å². The van der Waals surface area contributed by atoms with Gasteiger partial charge in [-0.15, -0.1) is 0 Å². The zero-order valence-electron chi connectivity index (χ0n) is 9.42. The third-order valence-electron chi connectivity index (χ3n) is 3.53. The molecule has 0 spiro atoms. The Kier molecular flexibility index (Phi) is 3.85. The molecule has 3 heteroatoms. The van der Waals surface area contributed by atoms with Gasteiger partial charge in [-0.3, -0.25) is 0 Å². The summed E-state index contributed by atoms with van der Waals surface area (Å²) in [4.78, 5) is 0. The largest absolute Gasteiger partial charge is 0.381 e. The molecule has 1 saturated heterocycles. The van der Waals surface area contributed by atoms with Gasteiger partial charge >= 0.3 is 0 Å². The first-order valence-corrected chi connectivity index (χ1v) is 6.18. The van der Waals surface area contributed by atoms with E-state index in [1.54, 1.807) is 0 Å². The highest BCUT2D eigenvalue weighted by Crippen LogP contribution is 2.37. The average Bonchev–Trinajstić information content (AvgIpc) is 2.31. The normalized spacial score (nSPS) is 19.6. The molecule has 2 N–H and O–H groups in total. The van der Waals surface area contributed by atoms with E-state index in [2.05, 4.69) is 12.1 Å². The lowest BCUT2D eigenvalue weighted by molar-refractivity contribution is 0.0477. The molecule has 1 heterocycles. The molecule has 0 radical (unpaired) electrons. The van der Waals surface area contributed by atoms with Crippen molar-refractivity contribution in [1.29, 1.82) is 0 Å². The zero-order valence-corrected chi connectivity index (χ0v) is 10.2. The number of ether oxygens (including phenoxy) is 1. The maximum absolute atomic E-state index is 5.92. The summed E-state index contributed by atoms with van der Waals surface area (Å²) in [6.07, 6.45) is 3.15. The van der Waals surface area contributed by atoms with Crippen LogP contribution in [-0.2, 0) is 10.2 Å². The van der Waals surface area contributed by atoms with Crippen LogP contribution in [0.2, 0.25) is 5.02 Å². The van der Waals surface area contributed by atoms with Crippen LogP contribution in [0.1, 0.15) is 24.8 Å². The molecule has 0 aromatic heterocycles. The van der Waals surface area contributed by atoms with Crippen molar-refractivity contribution in [1.82, 2.24) is 0 Å². The second-order valence-corrected chi connectivity index (χ2v) is 4.87. The summed E-state index contributed by atoms with van der Waals surface area (Å²) >= 11 is 5.92. The van der Waals surface area contributed by atoms with Gasteiger partial charge in [0.05, 0.1) is 0 Å². The minimum atomic E-state index is 0.206. The van der Waals surface area contributed by atoms with E-state index in [0.717, 1.165) is 44.0 Å². The Hall–Kier alpha value is -0.570. The van der Waals surface area contributed by atoms with Gasteiger partial charge in [0.15, 0.2) is 0 Å². The molecule has 0 atom stereocenters. The SMILES string of the molecule is NCCC1(c2ccc(Cl)cc2)CCOCC1. The van der Waals surface area contributed by atoms with E-state index in [1.165, 1.54) is 5.56 Å². The van der Waals surface area contributed by atoms with Crippen LogP contribution in [0.3, 0.4) is 0 Å². The fourth-order valence-electron chi connectivity index (χ4n) is 2.52. The van der Waals surface area contributed by atoms with Gasteiger partial charge in [0.2, 0.25) is 0 Å². The first kappa shape index (κ1) is 11.9. The van der Waals surface area contributed by atoms with Crippen LogP contribution in [0.5, 0.6) is 0 Å². The lowest BCUT2D eigenvalue weighted by Gasteiger charge is -2.37. The molecule has 1 aromatic rings. The predicted octanol–water partition coefficient (Wildman–Crippen LogP) is 2.74. The lowest BCUT2D eigenvalue weighted by Crippen LogP contribution is -2.35. The van der Waals surface area contributed by atoms with Crippen molar-refractivity contribution >= 4 is 11.6 Å². The number of benzene rings is 1. The van der Waals surface area contributed by atoms with Crippen molar-refractivity contribution in [3.8, 4) is 0 Å². The van der Waals surface area contributed by atoms with Crippen LogP contribution < -0.4 is 5.73 Å². The molecule has 0 saturated carbocycles. The molecule has 1 aliphatic heterocycles. The van der Waals surface area contributed by atoms with Gasteiger partial charge in [-0.25, -0.2) is 0 Å². The maximum Gasteiger partial charge on any atom is 0.0474 e. The molecular weight excluding hydrogens is 222 g/mol. The van der Waals surface area contributed by atoms with Gasteiger partial charge in [0.25, 0.3) is 0 Å². The van der Waals surface area contributed by atoms with E-state index >= 15 is 0 Å². The van der Waals surface area contributed by atoms with Crippen LogP contribution in [-0.4, -0.2) is 19.8 Å². The van der Waals surface area contributed by atoms with Gasteiger partial charge < -0.3 is 10.5 Å². The van der Waals surface area contributed by atoms with E-state index < -0.39 is 0 Å². The molecule has 88 valence electrons. The van der Waals surface area contributed by atoms with E-state index in [1.807, 2.05) is 12.1 Å². The van der Waals surface area contributed by atoms with E-state index in [0.29, 0.717) is 0 Å². The molecule has 16 heavy (non-hydrogen) atoms. The van der Waals surface area contributed by atoms with Gasteiger partial charge in [0, 0.05) is 23.7 Å². The fraction of sp³-hybridized carbons (Fsp3) is 0.538. The Morgan fingerprint density at radius 2 is 1.81 bits per heavy atom. The monoisotopic (exact) mass is 239 g/mol. The van der Waals surface area contributed by atoms with Crippen molar-refractivity contribution in [2.24, 2.45) is 5.73 Å². The molecule has 1 aliphatic rings. The lowest BCUT2D eigenvalue weighted by atomic mass is 9.72. The number of halogens is 1. The Bertz CT molecular complexity index is 325. The van der Waals surface area contributed by atoms with Crippen LogP contribution in [0.15, 0.2) is 24.3 Å². The Morgan fingerprint density at radius 1 is 1.19 bits per heavy atom. The van der Waals surface area contributed by atoms with Crippen LogP contribution in [0, 0.1) is 0 Å². The van der Waals surface area contributed by atoms with E-state index in [9.17, 15) is 0 Å². The quantitative estimate of drug-likeness (QED) is 0.881. The highest BCUT2D eigenvalue weighted by molar-refractivity contribution is 6.30. The molecule has 2 rings (SSSR count). The summed E-state index contributed by atoms with van der Waals surface area (Å²) in [5.74, 6) is 0. The van der Waals surface area contributed by atoms with E-state index in [-0.39, 0.29) is 5.41 Å². The molecule has 1 aromatic carbocycles. The number of hydrogen-bond acceptors (Lipinski definition) is 2.